The molecule has 0 unspecified atom stereocenters. The average Bonchev–Trinajstić information content (AvgIpc) is 2.88. The highest BCUT2D eigenvalue weighted by Gasteiger charge is 2.49. The first kappa shape index (κ1) is 15.7. The number of rotatable bonds is 2. The second-order valence-corrected chi connectivity index (χ2v) is 6.25. The van der Waals surface area contributed by atoms with Gasteiger partial charge in [-0.3, -0.25) is 4.40 Å². The number of halogens is 5. The van der Waals surface area contributed by atoms with E-state index in [2.05, 4.69) is 14.2 Å². The Kier molecular flexibility index (Phi) is 3.37. The third-order valence-electron chi connectivity index (χ3n) is 2.79. The molecule has 0 aliphatic rings. The van der Waals surface area contributed by atoms with Crippen molar-refractivity contribution in [3.63, 3.8) is 0 Å². The molecule has 0 aliphatic heterocycles. The molecule has 0 saturated heterocycles. The third-order valence-corrected chi connectivity index (χ3v) is 3.95. The second-order valence-electron chi connectivity index (χ2n) is 4.28. The van der Waals surface area contributed by atoms with Gasteiger partial charge < -0.3 is 4.18 Å². The van der Waals surface area contributed by atoms with Gasteiger partial charge in [-0.15, -0.1) is 0 Å². The van der Waals surface area contributed by atoms with Gasteiger partial charge in [0.15, 0.2) is 5.82 Å². The summed E-state index contributed by atoms with van der Waals surface area (Å²) in [6, 6.07) is 2.17. The molecule has 0 spiro atoms. The number of hydrogen-bond donors (Lipinski definition) is 0. The highest BCUT2D eigenvalue weighted by Crippen LogP contribution is 2.31. The summed E-state index contributed by atoms with van der Waals surface area (Å²) < 4.78 is 78.6. The van der Waals surface area contributed by atoms with Crippen LogP contribution in [-0.4, -0.2) is 28.3 Å². The summed E-state index contributed by atoms with van der Waals surface area (Å²) in [6.45, 7) is 0. The lowest BCUT2D eigenvalue weighted by Gasteiger charge is -2.11. The van der Waals surface area contributed by atoms with E-state index in [1.165, 1.54) is 12.3 Å². The minimum absolute atomic E-state index is 0.0170. The first-order valence-corrected chi connectivity index (χ1v) is 7.51. The van der Waals surface area contributed by atoms with Crippen LogP contribution in [0.2, 0.25) is 5.02 Å². The fourth-order valence-corrected chi connectivity index (χ4v) is 2.47. The lowest BCUT2D eigenvalue weighted by Crippen LogP contribution is -2.28. The fraction of sp³-hybridized carbons (Fsp3) is 0.0909. The van der Waals surface area contributed by atoms with Gasteiger partial charge in [-0.1, -0.05) is 11.6 Å². The monoisotopic (exact) mass is 369 g/mol. The molecular weight excluding hydrogens is 366 g/mol. The number of nitrogens with zero attached hydrogens (tertiary/aromatic N) is 3. The Labute approximate surface area is 130 Å². The van der Waals surface area contributed by atoms with Crippen LogP contribution in [-0.2, 0) is 10.1 Å². The Morgan fingerprint density at radius 3 is 2.61 bits per heavy atom. The Bertz CT molecular complexity index is 1030. The number of imidazole rings is 1. The van der Waals surface area contributed by atoms with Crippen molar-refractivity contribution in [1.82, 2.24) is 14.4 Å². The maximum Gasteiger partial charge on any atom is 0.534 e. The molecule has 3 rings (SSSR count). The molecule has 3 aromatic rings. The van der Waals surface area contributed by atoms with Gasteiger partial charge in [-0.25, -0.2) is 14.4 Å². The van der Waals surface area contributed by atoms with Crippen LogP contribution in [0.3, 0.4) is 0 Å². The van der Waals surface area contributed by atoms with Crippen LogP contribution in [0.25, 0.3) is 16.7 Å². The van der Waals surface area contributed by atoms with Gasteiger partial charge >= 0.3 is 15.6 Å². The highest BCUT2D eigenvalue weighted by molar-refractivity contribution is 7.88. The van der Waals surface area contributed by atoms with Crippen LogP contribution in [0.15, 0.2) is 24.5 Å². The summed E-state index contributed by atoms with van der Waals surface area (Å²) in [7, 11) is -5.97. The molecule has 0 saturated carbocycles. The standard InChI is InChI=1S/C11H4ClF4N3O3S/c12-5-3-6(13)8-7(4-5)19-2-1-17-9(19)10(18-8)22-23(20,21)11(14,15)16/h1-4H. The van der Waals surface area contributed by atoms with Crippen LogP contribution in [0.4, 0.5) is 17.6 Å². The number of benzene rings is 1. The first-order chi connectivity index (χ1) is 10.6. The quantitative estimate of drug-likeness (QED) is 0.394. The van der Waals surface area contributed by atoms with E-state index in [4.69, 9.17) is 11.6 Å². The SMILES string of the molecule is O=S(=O)(Oc1nc2c(F)cc(Cl)cc2n2ccnc12)C(F)(F)F. The molecular formula is C11H4ClF4N3O3S. The Morgan fingerprint density at radius 2 is 1.96 bits per heavy atom. The van der Waals surface area contributed by atoms with Gasteiger partial charge in [-0.2, -0.15) is 21.6 Å². The van der Waals surface area contributed by atoms with Crippen molar-refractivity contribution in [2.75, 3.05) is 0 Å². The zero-order chi connectivity index (χ0) is 17.0. The van der Waals surface area contributed by atoms with E-state index in [0.717, 1.165) is 16.7 Å². The third kappa shape index (κ3) is 2.55. The normalized spacial score (nSPS) is 12.9. The molecule has 0 atom stereocenters. The molecule has 0 N–H and O–H groups in total. The van der Waals surface area contributed by atoms with E-state index in [0.29, 0.717) is 0 Å². The summed E-state index contributed by atoms with van der Waals surface area (Å²) in [5.74, 6) is -1.96. The molecule has 1 aromatic carbocycles. The van der Waals surface area contributed by atoms with E-state index in [1.54, 1.807) is 0 Å². The first-order valence-electron chi connectivity index (χ1n) is 5.73. The van der Waals surface area contributed by atoms with Gasteiger partial charge in [0.2, 0.25) is 5.65 Å². The van der Waals surface area contributed by atoms with E-state index in [1.807, 2.05) is 0 Å². The molecule has 12 heteroatoms. The molecule has 0 amide bonds. The molecule has 122 valence electrons. The summed E-state index contributed by atoms with van der Waals surface area (Å²) in [6.07, 6.45) is 2.42. The summed E-state index contributed by atoms with van der Waals surface area (Å²) in [4.78, 5) is 7.17. The van der Waals surface area contributed by atoms with Crippen LogP contribution < -0.4 is 4.18 Å². The van der Waals surface area contributed by atoms with E-state index >= 15 is 0 Å². The van der Waals surface area contributed by atoms with Crippen molar-refractivity contribution in [2.45, 2.75) is 5.51 Å². The molecule has 0 fully saturated rings. The van der Waals surface area contributed by atoms with Crippen molar-refractivity contribution in [3.8, 4) is 5.88 Å². The van der Waals surface area contributed by atoms with Gasteiger partial charge in [0.1, 0.15) is 5.52 Å². The second kappa shape index (κ2) is 4.93. The smallest absolute Gasteiger partial charge is 0.351 e. The number of hydrogen-bond acceptors (Lipinski definition) is 5. The van der Waals surface area contributed by atoms with Gasteiger partial charge in [0, 0.05) is 17.4 Å². The Balaban J connectivity index is 2.31. The summed E-state index contributed by atoms with van der Waals surface area (Å²) >= 11 is 5.72. The summed E-state index contributed by atoms with van der Waals surface area (Å²) in [5, 5.41) is 0.0170. The van der Waals surface area contributed by atoms with Crippen molar-refractivity contribution in [2.24, 2.45) is 0 Å². The number of aromatic nitrogens is 3. The van der Waals surface area contributed by atoms with E-state index in [9.17, 15) is 26.0 Å². The van der Waals surface area contributed by atoms with Gasteiger partial charge in [-0.05, 0) is 12.1 Å². The minimum Gasteiger partial charge on any atom is -0.351 e. The Hall–Kier alpha value is -2.14. The van der Waals surface area contributed by atoms with Crippen LogP contribution in [0.5, 0.6) is 5.88 Å². The minimum atomic E-state index is -5.97. The molecule has 6 nitrogen and oxygen atoms in total. The zero-order valence-electron chi connectivity index (χ0n) is 10.7. The maximum atomic E-state index is 13.9. The van der Waals surface area contributed by atoms with Crippen molar-refractivity contribution < 1.29 is 30.2 Å². The van der Waals surface area contributed by atoms with Crippen molar-refractivity contribution in [3.05, 3.63) is 35.4 Å². The van der Waals surface area contributed by atoms with Crippen LogP contribution in [0.1, 0.15) is 0 Å². The highest BCUT2D eigenvalue weighted by atomic mass is 35.5. The number of alkyl halides is 3. The maximum absolute atomic E-state index is 13.9. The lowest BCUT2D eigenvalue weighted by atomic mass is 10.3. The fourth-order valence-electron chi connectivity index (χ4n) is 1.86. The van der Waals surface area contributed by atoms with Crippen molar-refractivity contribution in [1.29, 1.82) is 0 Å². The van der Waals surface area contributed by atoms with E-state index in [-0.39, 0.29) is 16.2 Å². The lowest BCUT2D eigenvalue weighted by molar-refractivity contribution is -0.0500. The molecule has 0 aliphatic carbocycles. The summed E-state index contributed by atoms with van der Waals surface area (Å²) in [5.41, 5.74) is -6.34. The van der Waals surface area contributed by atoms with Crippen molar-refractivity contribution >= 4 is 38.4 Å². The number of fused-ring (bicyclic) bond motifs is 3. The predicted molar refractivity (Wildman–Crippen MR) is 71.1 cm³/mol. The van der Waals surface area contributed by atoms with Gasteiger partial charge in [0.05, 0.1) is 5.52 Å². The zero-order valence-corrected chi connectivity index (χ0v) is 12.2. The molecule has 0 radical (unpaired) electrons. The van der Waals surface area contributed by atoms with Crippen LogP contribution >= 0.6 is 11.6 Å². The average molecular weight is 370 g/mol. The Morgan fingerprint density at radius 1 is 1.26 bits per heavy atom. The molecule has 2 heterocycles. The molecule has 23 heavy (non-hydrogen) atoms. The van der Waals surface area contributed by atoms with Gasteiger partial charge in [0.25, 0.3) is 5.88 Å². The largest absolute Gasteiger partial charge is 0.534 e. The predicted octanol–water partition coefficient (Wildman–Crippen LogP) is 2.90. The molecule has 2 aromatic heterocycles. The molecule has 0 bridgehead atoms. The van der Waals surface area contributed by atoms with E-state index < -0.39 is 32.8 Å². The topological polar surface area (TPSA) is 73.6 Å². The van der Waals surface area contributed by atoms with Crippen LogP contribution in [0, 0.1) is 5.82 Å².